The van der Waals surface area contributed by atoms with Crippen LogP contribution in [0.15, 0.2) is 54.9 Å². The lowest BCUT2D eigenvalue weighted by atomic mass is 10.1. The first kappa shape index (κ1) is 13.5. The van der Waals surface area contributed by atoms with Gasteiger partial charge >= 0.3 is 5.97 Å². The number of carbonyl (C=O) groups is 1. The predicted molar refractivity (Wildman–Crippen MR) is 81.6 cm³/mol. The summed E-state index contributed by atoms with van der Waals surface area (Å²) in [4.78, 5) is 20.4. The number of hydrogen-bond donors (Lipinski definition) is 1. The number of carboxylic acid groups (broad SMARTS) is 1. The zero-order valence-electron chi connectivity index (χ0n) is 11.1. The minimum atomic E-state index is -0.993. The van der Waals surface area contributed by atoms with Gasteiger partial charge in [0.15, 0.2) is 5.69 Å². The number of thiazole rings is 1. The highest BCUT2D eigenvalue weighted by molar-refractivity contribution is 7.15. The summed E-state index contributed by atoms with van der Waals surface area (Å²) in [5.41, 5.74) is 2.04. The number of carboxylic acids is 1. The number of rotatable bonds is 4. The summed E-state index contributed by atoms with van der Waals surface area (Å²) in [6.45, 7) is 0. The molecule has 0 saturated heterocycles. The Morgan fingerprint density at radius 2 is 1.95 bits per heavy atom. The summed E-state index contributed by atoms with van der Waals surface area (Å²) >= 11 is 1.40. The molecule has 0 radical (unpaired) electrons. The first-order valence-electron chi connectivity index (χ1n) is 6.41. The largest absolute Gasteiger partial charge is 0.476 e. The van der Waals surface area contributed by atoms with Crippen LogP contribution in [-0.4, -0.2) is 21.0 Å². The number of nitrogens with zero attached hydrogens (tertiary/aromatic N) is 2. The molecule has 104 valence electrons. The first-order chi connectivity index (χ1) is 10.2. The lowest BCUT2D eigenvalue weighted by Gasteiger charge is -1.98. The van der Waals surface area contributed by atoms with Gasteiger partial charge in [-0.3, -0.25) is 4.98 Å². The fourth-order valence-electron chi connectivity index (χ4n) is 2.03. The summed E-state index contributed by atoms with van der Waals surface area (Å²) < 4.78 is 0. The van der Waals surface area contributed by atoms with Crippen LogP contribution in [0.25, 0.3) is 10.6 Å². The second-order valence-electron chi connectivity index (χ2n) is 4.50. The smallest absolute Gasteiger partial charge is 0.355 e. The van der Waals surface area contributed by atoms with Crippen LogP contribution >= 0.6 is 11.3 Å². The van der Waals surface area contributed by atoms with Crippen molar-refractivity contribution in [2.45, 2.75) is 6.42 Å². The Morgan fingerprint density at radius 3 is 2.62 bits per heavy atom. The maximum absolute atomic E-state index is 11.4. The van der Waals surface area contributed by atoms with Crippen LogP contribution in [-0.2, 0) is 6.42 Å². The number of aromatic carboxylic acids is 1. The molecule has 5 heteroatoms. The molecule has 3 aromatic rings. The molecular weight excluding hydrogens is 284 g/mol. The average molecular weight is 296 g/mol. The molecule has 4 nitrogen and oxygen atoms in total. The van der Waals surface area contributed by atoms with Crippen LogP contribution in [0.2, 0.25) is 0 Å². The van der Waals surface area contributed by atoms with Gasteiger partial charge in [-0.25, -0.2) is 9.78 Å². The van der Waals surface area contributed by atoms with Crippen molar-refractivity contribution >= 4 is 17.3 Å². The van der Waals surface area contributed by atoms with Gasteiger partial charge in [-0.1, -0.05) is 30.3 Å². The predicted octanol–water partition coefficient (Wildman–Crippen LogP) is 3.49. The summed E-state index contributed by atoms with van der Waals surface area (Å²) in [7, 11) is 0. The van der Waals surface area contributed by atoms with E-state index in [0.717, 1.165) is 16.0 Å². The minimum absolute atomic E-state index is 0.128. The molecule has 0 aliphatic heterocycles. The van der Waals surface area contributed by atoms with E-state index in [0.29, 0.717) is 11.4 Å². The van der Waals surface area contributed by atoms with Gasteiger partial charge in [0.1, 0.15) is 5.01 Å². The Morgan fingerprint density at radius 1 is 1.14 bits per heavy atom. The molecule has 3 rings (SSSR count). The second-order valence-corrected chi connectivity index (χ2v) is 5.58. The van der Waals surface area contributed by atoms with Crippen molar-refractivity contribution in [2.75, 3.05) is 0 Å². The van der Waals surface area contributed by atoms with Crippen LogP contribution in [0, 0.1) is 0 Å². The van der Waals surface area contributed by atoms with Gasteiger partial charge in [0.05, 0.1) is 0 Å². The highest BCUT2D eigenvalue weighted by Gasteiger charge is 2.18. The number of benzene rings is 1. The zero-order valence-corrected chi connectivity index (χ0v) is 11.9. The van der Waals surface area contributed by atoms with E-state index in [-0.39, 0.29) is 5.69 Å². The lowest BCUT2D eigenvalue weighted by Crippen LogP contribution is -2.01. The van der Waals surface area contributed by atoms with Gasteiger partial charge in [0.2, 0.25) is 0 Å². The molecule has 1 N–H and O–H groups in total. The van der Waals surface area contributed by atoms with Crippen molar-refractivity contribution < 1.29 is 9.90 Å². The topological polar surface area (TPSA) is 63.1 Å². The third-order valence-corrected chi connectivity index (χ3v) is 4.12. The Kier molecular flexibility index (Phi) is 3.75. The molecule has 21 heavy (non-hydrogen) atoms. The Balaban J connectivity index is 2.00. The third-order valence-electron chi connectivity index (χ3n) is 3.02. The first-order valence-corrected chi connectivity index (χ1v) is 7.23. The third kappa shape index (κ3) is 2.98. The summed E-state index contributed by atoms with van der Waals surface area (Å²) in [5, 5.41) is 10.0. The molecule has 2 aromatic heterocycles. The molecule has 2 heterocycles. The maximum Gasteiger partial charge on any atom is 0.355 e. The van der Waals surface area contributed by atoms with Crippen molar-refractivity contribution in [3.05, 3.63) is 71.0 Å². The molecule has 0 aliphatic rings. The van der Waals surface area contributed by atoms with E-state index in [4.69, 9.17) is 0 Å². The second kappa shape index (κ2) is 5.85. The molecule has 0 saturated carbocycles. The zero-order chi connectivity index (χ0) is 14.7. The molecule has 0 aliphatic carbocycles. The number of hydrogen-bond acceptors (Lipinski definition) is 4. The highest BCUT2D eigenvalue weighted by Crippen LogP contribution is 2.29. The van der Waals surface area contributed by atoms with E-state index in [9.17, 15) is 9.90 Å². The quantitative estimate of drug-likeness (QED) is 0.800. The molecule has 0 unspecified atom stereocenters. The van der Waals surface area contributed by atoms with E-state index in [2.05, 4.69) is 9.97 Å². The average Bonchev–Trinajstić information content (AvgIpc) is 2.93. The fraction of sp³-hybridized carbons (Fsp3) is 0.0625. The molecule has 0 atom stereocenters. The van der Waals surface area contributed by atoms with Gasteiger partial charge in [-0.2, -0.15) is 0 Å². The van der Waals surface area contributed by atoms with Crippen molar-refractivity contribution in [1.82, 2.24) is 9.97 Å². The summed E-state index contributed by atoms with van der Waals surface area (Å²) in [5.74, 6) is -0.993. The Labute approximate surface area is 125 Å². The molecule has 0 spiro atoms. The van der Waals surface area contributed by atoms with Crippen molar-refractivity contribution in [1.29, 1.82) is 0 Å². The van der Waals surface area contributed by atoms with Crippen molar-refractivity contribution in [3.8, 4) is 10.6 Å². The molecule has 1 aromatic carbocycles. The van der Waals surface area contributed by atoms with E-state index in [1.54, 1.807) is 12.4 Å². The van der Waals surface area contributed by atoms with Gasteiger partial charge in [-0.05, 0) is 17.7 Å². The van der Waals surface area contributed by atoms with Crippen LogP contribution in [0.1, 0.15) is 20.9 Å². The monoisotopic (exact) mass is 296 g/mol. The Bertz CT molecular complexity index is 754. The minimum Gasteiger partial charge on any atom is -0.476 e. The summed E-state index contributed by atoms with van der Waals surface area (Å²) in [6.07, 6.45) is 3.94. The Hall–Kier alpha value is -2.53. The van der Waals surface area contributed by atoms with Gasteiger partial charge in [0.25, 0.3) is 0 Å². The van der Waals surface area contributed by atoms with Crippen LogP contribution in [0.3, 0.4) is 0 Å². The van der Waals surface area contributed by atoms with E-state index >= 15 is 0 Å². The van der Waals surface area contributed by atoms with Gasteiger partial charge < -0.3 is 5.11 Å². The van der Waals surface area contributed by atoms with Crippen LogP contribution < -0.4 is 0 Å². The molecule has 0 bridgehead atoms. The van der Waals surface area contributed by atoms with Crippen LogP contribution in [0.4, 0.5) is 0 Å². The van der Waals surface area contributed by atoms with E-state index in [1.807, 2.05) is 42.5 Å². The molecule has 0 amide bonds. The van der Waals surface area contributed by atoms with Crippen molar-refractivity contribution in [3.63, 3.8) is 0 Å². The van der Waals surface area contributed by atoms with Crippen LogP contribution in [0.5, 0.6) is 0 Å². The van der Waals surface area contributed by atoms with E-state index in [1.165, 1.54) is 11.3 Å². The van der Waals surface area contributed by atoms with Gasteiger partial charge in [-0.15, -0.1) is 11.3 Å². The highest BCUT2D eigenvalue weighted by atomic mass is 32.1. The normalized spacial score (nSPS) is 10.5. The maximum atomic E-state index is 11.4. The van der Waals surface area contributed by atoms with Gasteiger partial charge in [0, 0.05) is 29.3 Å². The fourth-order valence-corrected chi connectivity index (χ4v) is 3.11. The molecule has 0 fully saturated rings. The van der Waals surface area contributed by atoms with Crippen molar-refractivity contribution in [2.24, 2.45) is 0 Å². The summed E-state index contributed by atoms with van der Waals surface area (Å²) in [6, 6.07) is 13.5. The SMILES string of the molecule is O=C(O)c1nc(-c2cccnc2)sc1Cc1ccccc1. The standard InChI is InChI=1S/C16H12N2O2S/c19-16(20)14-13(9-11-5-2-1-3-6-11)21-15(18-14)12-7-4-8-17-10-12/h1-8,10H,9H2,(H,19,20). The number of aromatic nitrogens is 2. The van der Waals surface area contributed by atoms with E-state index < -0.39 is 5.97 Å². The molecular formula is C16H12N2O2S. The lowest BCUT2D eigenvalue weighted by molar-refractivity contribution is 0.0690. The number of pyridine rings is 1.